The van der Waals surface area contributed by atoms with Crippen LogP contribution in [0.1, 0.15) is 28.7 Å². The molecule has 1 saturated heterocycles. The summed E-state index contributed by atoms with van der Waals surface area (Å²) in [5.74, 6) is -0.216. The average molecular weight is 341 g/mol. The van der Waals surface area contributed by atoms with Crippen LogP contribution >= 0.6 is 0 Å². The lowest BCUT2D eigenvalue weighted by molar-refractivity contribution is -0.139. The molecule has 1 aromatic carbocycles. The van der Waals surface area contributed by atoms with Crippen LogP contribution in [0.25, 0.3) is 5.76 Å². The van der Waals surface area contributed by atoms with E-state index in [0.29, 0.717) is 22.8 Å². The van der Waals surface area contributed by atoms with Crippen molar-refractivity contribution in [1.29, 1.82) is 0 Å². The van der Waals surface area contributed by atoms with E-state index >= 15 is 0 Å². The molecule has 1 fully saturated rings. The van der Waals surface area contributed by atoms with Crippen molar-refractivity contribution in [3.8, 4) is 5.75 Å². The Morgan fingerprint density at radius 2 is 1.92 bits per heavy atom. The number of rotatable bonds is 3. The number of ether oxygens (including phenoxy) is 1. The van der Waals surface area contributed by atoms with E-state index in [1.54, 1.807) is 31.2 Å². The van der Waals surface area contributed by atoms with Crippen LogP contribution in [0.3, 0.4) is 0 Å². The number of nitrogens with zero attached hydrogens (tertiary/aromatic N) is 1. The SMILES string of the molecule is COc1ccc(C)cc1/C(O)=C1\C(=O)C(=O)N(C)C1c1ccc(C)o1. The molecule has 0 radical (unpaired) electrons. The average Bonchev–Trinajstić information content (AvgIpc) is 3.11. The zero-order valence-corrected chi connectivity index (χ0v) is 14.5. The quantitative estimate of drug-likeness (QED) is 0.527. The van der Waals surface area contributed by atoms with Crippen LogP contribution in [-0.2, 0) is 9.59 Å². The Morgan fingerprint density at radius 3 is 2.52 bits per heavy atom. The number of likely N-dealkylation sites (tertiary alicyclic amines) is 1. The van der Waals surface area contributed by atoms with E-state index in [4.69, 9.17) is 9.15 Å². The summed E-state index contributed by atoms with van der Waals surface area (Å²) < 4.78 is 10.9. The van der Waals surface area contributed by atoms with E-state index in [2.05, 4.69) is 0 Å². The van der Waals surface area contributed by atoms with Crippen LogP contribution in [0.2, 0.25) is 0 Å². The number of methoxy groups -OCH3 is 1. The van der Waals surface area contributed by atoms with Gasteiger partial charge in [-0.1, -0.05) is 11.6 Å². The standard InChI is InChI=1S/C19H19NO5/c1-10-5-7-13(24-4)12(9-10)17(21)15-16(14-8-6-11(2)25-14)20(3)19(23)18(15)22/h5-9,16,21H,1-4H3/b17-15+. The summed E-state index contributed by atoms with van der Waals surface area (Å²) in [5, 5.41) is 10.9. The van der Waals surface area contributed by atoms with E-state index in [0.717, 1.165) is 5.56 Å². The van der Waals surface area contributed by atoms with Crippen LogP contribution < -0.4 is 4.74 Å². The Hall–Kier alpha value is -3.02. The van der Waals surface area contributed by atoms with Crippen molar-refractivity contribution in [2.45, 2.75) is 19.9 Å². The first-order chi connectivity index (χ1) is 11.8. The van der Waals surface area contributed by atoms with Gasteiger partial charge in [0.05, 0.1) is 18.2 Å². The van der Waals surface area contributed by atoms with Crippen molar-refractivity contribution in [2.24, 2.45) is 0 Å². The van der Waals surface area contributed by atoms with Crippen molar-refractivity contribution >= 4 is 17.4 Å². The van der Waals surface area contributed by atoms with Crippen LogP contribution in [0.15, 0.2) is 40.3 Å². The molecule has 0 aliphatic carbocycles. The van der Waals surface area contributed by atoms with E-state index in [9.17, 15) is 14.7 Å². The van der Waals surface area contributed by atoms with E-state index in [-0.39, 0.29) is 11.3 Å². The first kappa shape index (κ1) is 16.8. The van der Waals surface area contributed by atoms with Gasteiger partial charge in [-0.15, -0.1) is 0 Å². The minimum atomic E-state index is -0.779. The lowest BCUT2D eigenvalue weighted by atomic mass is 9.98. The molecule has 3 rings (SSSR count). The van der Waals surface area contributed by atoms with Crippen molar-refractivity contribution in [3.05, 3.63) is 58.6 Å². The Balaban J connectivity index is 2.23. The molecule has 0 spiro atoms. The highest BCUT2D eigenvalue weighted by molar-refractivity contribution is 6.46. The summed E-state index contributed by atoms with van der Waals surface area (Å²) >= 11 is 0. The molecule has 2 heterocycles. The number of carbonyl (C=O) groups is 2. The summed E-state index contributed by atoms with van der Waals surface area (Å²) in [6.45, 7) is 3.64. The summed E-state index contributed by atoms with van der Waals surface area (Å²) in [5.41, 5.74) is 1.24. The van der Waals surface area contributed by atoms with Gasteiger partial charge in [0.1, 0.15) is 29.1 Å². The number of carbonyl (C=O) groups excluding carboxylic acids is 2. The summed E-state index contributed by atoms with van der Waals surface area (Å²) in [6, 6.07) is 7.92. The first-order valence-corrected chi connectivity index (χ1v) is 7.81. The van der Waals surface area contributed by atoms with Gasteiger partial charge in [0.25, 0.3) is 11.7 Å². The zero-order valence-electron chi connectivity index (χ0n) is 14.5. The summed E-state index contributed by atoms with van der Waals surface area (Å²) in [7, 11) is 2.99. The lowest BCUT2D eigenvalue weighted by Gasteiger charge is -2.19. The first-order valence-electron chi connectivity index (χ1n) is 7.81. The molecule has 25 heavy (non-hydrogen) atoms. The highest BCUT2D eigenvalue weighted by atomic mass is 16.5. The number of Topliss-reactive ketones (excluding diaryl/α,β-unsaturated/α-hetero) is 1. The van der Waals surface area contributed by atoms with Gasteiger partial charge in [0.2, 0.25) is 0 Å². The van der Waals surface area contributed by atoms with Crippen molar-refractivity contribution < 1.29 is 23.8 Å². The number of aliphatic hydroxyl groups is 1. The largest absolute Gasteiger partial charge is 0.507 e. The molecule has 0 saturated carbocycles. The predicted molar refractivity (Wildman–Crippen MR) is 91.2 cm³/mol. The van der Waals surface area contributed by atoms with Gasteiger partial charge in [-0.05, 0) is 38.1 Å². The predicted octanol–water partition coefficient (Wildman–Crippen LogP) is 2.96. The van der Waals surface area contributed by atoms with Gasteiger partial charge >= 0.3 is 0 Å². The fourth-order valence-corrected chi connectivity index (χ4v) is 3.03. The molecule has 1 unspecified atom stereocenters. The molecule has 1 N–H and O–H groups in total. The molecule has 1 aliphatic rings. The molecule has 1 aliphatic heterocycles. The van der Waals surface area contributed by atoms with Crippen LogP contribution in [-0.4, -0.2) is 35.9 Å². The van der Waals surface area contributed by atoms with Crippen LogP contribution in [0, 0.1) is 13.8 Å². The van der Waals surface area contributed by atoms with Gasteiger partial charge < -0.3 is 19.2 Å². The third-order valence-electron chi connectivity index (χ3n) is 4.32. The number of furan rings is 1. The topological polar surface area (TPSA) is 80.0 Å². The highest BCUT2D eigenvalue weighted by Gasteiger charge is 2.46. The molecule has 6 nitrogen and oxygen atoms in total. The maximum absolute atomic E-state index is 12.5. The molecule has 1 amide bonds. The summed E-state index contributed by atoms with van der Waals surface area (Å²) in [4.78, 5) is 26.0. The molecule has 0 bridgehead atoms. The van der Waals surface area contributed by atoms with Gasteiger partial charge in [-0.3, -0.25) is 9.59 Å². The lowest BCUT2D eigenvalue weighted by Crippen LogP contribution is -2.24. The van der Waals surface area contributed by atoms with Crippen LogP contribution in [0.4, 0.5) is 0 Å². The molecule has 2 aromatic rings. The molecule has 1 atom stereocenters. The van der Waals surface area contributed by atoms with Crippen molar-refractivity contribution in [1.82, 2.24) is 4.90 Å². The van der Waals surface area contributed by atoms with E-state index in [1.807, 2.05) is 13.0 Å². The Morgan fingerprint density at radius 1 is 1.20 bits per heavy atom. The number of aryl methyl sites for hydroxylation is 2. The fourth-order valence-electron chi connectivity index (χ4n) is 3.03. The van der Waals surface area contributed by atoms with Crippen molar-refractivity contribution in [3.63, 3.8) is 0 Å². The second kappa shape index (κ2) is 6.12. The third kappa shape index (κ3) is 2.69. The number of hydrogen-bond acceptors (Lipinski definition) is 5. The zero-order chi connectivity index (χ0) is 18.3. The van der Waals surface area contributed by atoms with Crippen LogP contribution in [0.5, 0.6) is 5.75 Å². The number of amides is 1. The Labute approximate surface area is 145 Å². The number of ketones is 1. The summed E-state index contributed by atoms with van der Waals surface area (Å²) in [6.07, 6.45) is 0. The molecular weight excluding hydrogens is 322 g/mol. The highest BCUT2D eigenvalue weighted by Crippen LogP contribution is 2.40. The number of hydrogen-bond donors (Lipinski definition) is 1. The molecule has 130 valence electrons. The van der Waals surface area contributed by atoms with Gasteiger partial charge in [-0.2, -0.15) is 0 Å². The second-order valence-corrected chi connectivity index (χ2v) is 6.06. The normalized spacial score (nSPS) is 19.5. The molecule has 1 aromatic heterocycles. The van der Waals surface area contributed by atoms with Gasteiger partial charge in [-0.25, -0.2) is 0 Å². The van der Waals surface area contributed by atoms with Gasteiger partial charge in [0.15, 0.2) is 0 Å². The van der Waals surface area contributed by atoms with E-state index < -0.39 is 17.7 Å². The smallest absolute Gasteiger partial charge is 0.295 e. The monoisotopic (exact) mass is 341 g/mol. The minimum Gasteiger partial charge on any atom is -0.507 e. The Bertz CT molecular complexity index is 893. The molecular formula is C19H19NO5. The molecule has 6 heteroatoms. The second-order valence-electron chi connectivity index (χ2n) is 6.06. The third-order valence-corrected chi connectivity index (χ3v) is 4.32. The number of benzene rings is 1. The van der Waals surface area contributed by atoms with Gasteiger partial charge in [0, 0.05) is 7.05 Å². The number of aliphatic hydroxyl groups excluding tert-OH is 1. The number of likely N-dealkylation sites (N-methyl/N-ethyl adjacent to an activating group) is 1. The Kier molecular flexibility index (Phi) is 4.12. The minimum absolute atomic E-state index is 0.00856. The maximum Gasteiger partial charge on any atom is 0.295 e. The van der Waals surface area contributed by atoms with E-state index in [1.165, 1.54) is 19.1 Å². The van der Waals surface area contributed by atoms with Crippen molar-refractivity contribution in [2.75, 3.05) is 14.2 Å². The fraction of sp³-hybridized carbons (Fsp3) is 0.263. The maximum atomic E-state index is 12.5.